The lowest BCUT2D eigenvalue weighted by atomic mass is 10.0. The number of likely N-dealkylation sites (N-methyl/N-ethyl adjacent to an activating group) is 2. The van der Waals surface area contributed by atoms with Crippen molar-refractivity contribution in [3.05, 3.63) is 142 Å². The second kappa shape index (κ2) is 19.5. The largest absolute Gasteiger partial charge is 1.00 e. The Morgan fingerprint density at radius 3 is 0.902 bits per heavy atom. The van der Waals surface area contributed by atoms with E-state index < -0.39 is 5.79 Å². The number of benzene rings is 4. The smallest absolute Gasteiger partial charge is 0.169 e. The summed E-state index contributed by atoms with van der Waals surface area (Å²) in [5.41, 5.74) is 10.7. The quantitative estimate of drug-likeness (QED) is 0.125. The molecule has 0 bridgehead atoms. The fourth-order valence-corrected chi connectivity index (χ4v) is 7.94. The van der Waals surface area contributed by atoms with Gasteiger partial charge in [-0.2, -0.15) is 0 Å². The number of aryl methyl sites for hydroxylation is 4. The van der Waals surface area contributed by atoms with Gasteiger partial charge in [-0.1, -0.05) is 146 Å². The number of halogens is 2. The van der Waals surface area contributed by atoms with Crippen molar-refractivity contribution in [2.24, 2.45) is 0 Å². The first-order valence-electron chi connectivity index (χ1n) is 18.6. The highest BCUT2D eigenvalue weighted by Crippen LogP contribution is 2.39. The maximum atomic E-state index is 7.28. The highest BCUT2D eigenvalue weighted by molar-refractivity contribution is 5.24. The van der Waals surface area contributed by atoms with Gasteiger partial charge in [0.1, 0.15) is 51.5 Å². The lowest BCUT2D eigenvalue weighted by molar-refractivity contribution is -0.944. The standard InChI is InChI=1S/C45H62N2O2.2HI/c1-9-27-45(28-10-2)48-43(33-46(7,29-39-19-11-35(3)12-20-39)30-40-21-13-36(4)14-22-40)44(49-45)34-47(8,31-41-23-15-37(5)16-24-41)32-42-25-17-38(6)18-26-42;;/h11-26,43-44H,9-10,27-34H2,1-8H3;2*1H/q+2;;/p-2/t43-,44-;;/m0../s1. The van der Waals surface area contributed by atoms with Crippen LogP contribution in [0.15, 0.2) is 97.1 Å². The maximum absolute atomic E-state index is 7.28. The van der Waals surface area contributed by atoms with Crippen molar-refractivity contribution in [3.63, 3.8) is 0 Å². The van der Waals surface area contributed by atoms with Crippen LogP contribution in [0, 0.1) is 27.7 Å². The molecule has 6 heteroatoms. The summed E-state index contributed by atoms with van der Waals surface area (Å²) in [5, 5.41) is 0. The molecular formula is C45H62I2N2O2. The van der Waals surface area contributed by atoms with Crippen LogP contribution in [0.2, 0.25) is 0 Å². The molecule has 0 aliphatic carbocycles. The fraction of sp³-hybridized carbons (Fsp3) is 0.467. The van der Waals surface area contributed by atoms with Crippen molar-refractivity contribution in [2.75, 3.05) is 27.2 Å². The lowest BCUT2D eigenvalue weighted by Crippen LogP contribution is -3.00. The Labute approximate surface area is 344 Å². The van der Waals surface area contributed by atoms with Gasteiger partial charge in [-0.3, -0.25) is 0 Å². The Hall–Kier alpha value is -1.82. The summed E-state index contributed by atoms with van der Waals surface area (Å²) in [7, 11) is 4.85. The first kappa shape index (κ1) is 43.6. The normalized spacial score (nSPS) is 17.1. The Kier molecular flexibility index (Phi) is 16.7. The van der Waals surface area contributed by atoms with Crippen LogP contribution < -0.4 is 48.0 Å². The lowest BCUT2D eigenvalue weighted by Gasteiger charge is -2.40. The summed E-state index contributed by atoms with van der Waals surface area (Å²) >= 11 is 0. The fourth-order valence-electron chi connectivity index (χ4n) is 7.94. The summed E-state index contributed by atoms with van der Waals surface area (Å²) < 4.78 is 16.3. The summed E-state index contributed by atoms with van der Waals surface area (Å²) in [6.07, 6.45) is 3.88. The molecule has 0 saturated carbocycles. The zero-order valence-electron chi connectivity index (χ0n) is 32.4. The Morgan fingerprint density at radius 1 is 0.451 bits per heavy atom. The number of hydrogen-bond donors (Lipinski definition) is 0. The molecule has 0 N–H and O–H groups in total. The van der Waals surface area contributed by atoms with Gasteiger partial charge in [0.15, 0.2) is 5.79 Å². The van der Waals surface area contributed by atoms with Gasteiger partial charge in [0.2, 0.25) is 0 Å². The van der Waals surface area contributed by atoms with Crippen molar-refractivity contribution in [2.45, 2.75) is 111 Å². The average Bonchev–Trinajstić information content (AvgIpc) is 3.36. The van der Waals surface area contributed by atoms with Crippen LogP contribution in [-0.4, -0.2) is 54.1 Å². The SMILES string of the molecule is CCCC1(CCC)O[C@@H](C[N+](C)(Cc2ccc(C)cc2)Cc2ccc(C)cc2)[C@H](C[N+](C)(Cc2ccc(C)cc2)Cc2ccc(C)cc2)O1.[I-].[I-]. The highest BCUT2D eigenvalue weighted by atomic mass is 127. The number of hydrogen-bond acceptors (Lipinski definition) is 2. The van der Waals surface area contributed by atoms with Crippen molar-refractivity contribution in [1.82, 2.24) is 0 Å². The summed E-state index contributed by atoms with van der Waals surface area (Å²) in [4.78, 5) is 0. The molecular weight excluding hydrogens is 854 g/mol. The molecule has 0 aromatic heterocycles. The third-order valence-electron chi connectivity index (χ3n) is 10.4. The van der Waals surface area contributed by atoms with E-state index in [9.17, 15) is 0 Å². The minimum atomic E-state index is -0.532. The van der Waals surface area contributed by atoms with Gasteiger partial charge in [-0.05, 0) is 27.7 Å². The van der Waals surface area contributed by atoms with Gasteiger partial charge in [0.25, 0.3) is 0 Å². The topological polar surface area (TPSA) is 18.5 Å². The summed E-state index contributed by atoms with van der Waals surface area (Å²) in [5.74, 6) is -0.532. The van der Waals surface area contributed by atoms with E-state index in [1.165, 1.54) is 44.5 Å². The summed E-state index contributed by atoms with van der Waals surface area (Å²) in [6.45, 7) is 18.7. The molecule has 0 amide bonds. The van der Waals surface area contributed by atoms with E-state index in [4.69, 9.17) is 9.47 Å². The van der Waals surface area contributed by atoms with Gasteiger partial charge in [-0.25, -0.2) is 0 Å². The number of nitrogens with zero attached hydrogens (tertiary/aromatic N) is 2. The average molecular weight is 917 g/mol. The van der Waals surface area contributed by atoms with E-state index in [0.717, 1.165) is 73.9 Å². The molecule has 1 heterocycles. The second-order valence-electron chi connectivity index (χ2n) is 15.9. The third kappa shape index (κ3) is 12.6. The molecule has 0 unspecified atom stereocenters. The predicted molar refractivity (Wildman–Crippen MR) is 204 cm³/mol. The molecule has 1 fully saturated rings. The predicted octanol–water partition coefficient (Wildman–Crippen LogP) is 4.00. The van der Waals surface area contributed by atoms with Crippen LogP contribution in [0.4, 0.5) is 0 Å². The van der Waals surface area contributed by atoms with E-state index in [1.54, 1.807) is 0 Å². The minimum absolute atomic E-state index is 0. The molecule has 51 heavy (non-hydrogen) atoms. The Bertz CT molecular complexity index is 1390. The van der Waals surface area contributed by atoms with Crippen molar-refractivity contribution >= 4 is 0 Å². The van der Waals surface area contributed by atoms with Crippen LogP contribution in [0.5, 0.6) is 0 Å². The zero-order valence-corrected chi connectivity index (χ0v) is 36.7. The minimum Gasteiger partial charge on any atom is -1.00 e. The van der Waals surface area contributed by atoms with Crippen LogP contribution in [0.25, 0.3) is 0 Å². The Morgan fingerprint density at radius 2 is 0.686 bits per heavy atom. The third-order valence-corrected chi connectivity index (χ3v) is 10.4. The second-order valence-corrected chi connectivity index (χ2v) is 15.9. The van der Waals surface area contributed by atoms with Crippen LogP contribution in [-0.2, 0) is 35.7 Å². The van der Waals surface area contributed by atoms with Gasteiger partial charge in [0.05, 0.1) is 14.1 Å². The monoisotopic (exact) mass is 916 g/mol. The zero-order chi connectivity index (χ0) is 35.1. The first-order chi connectivity index (χ1) is 23.4. The van der Waals surface area contributed by atoms with Crippen LogP contribution in [0.3, 0.4) is 0 Å². The highest BCUT2D eigenvalue weighted by Gasteiger charge is 2.51. The van der Waals surface area contributed by atoms with E-state index in [0.29, 0.717) is 0 Å². The first-order valence-corrected chi connectivity index (χ1v) is 18.6. The van der Waals surface area contributed by atoms with Crippen molar-refractivity contribution in [1.29, 1.82) is 0 Å². The van der Waals surface area contributed by atoms with E-state index in [1.807, 2.05) is 0 Å². The van der Waals surface area contributed by atoms with Crippen LogP contribution in [0.1, 0.15) is 84.0 Å². The molecule has 4 aromatic carbocycles. The molecule has 4 aromatic rings. The van der Waals surface area contributed by atoms with Crippen molar-refractivity contribution in [3.8, 4) is 0 Å². The molecule has 0 spiro atoms. The number of quaternary nitrogens is 2. The molecule has 1 saturated heterocycles. The van der Waals surface area contributed by atoms with Gasteiger partial charge in [0, 0.05) is 35.1 Å². The van der Waals surface area contributed by atoms with Gasteiger partial charge >= 0.3 is 0 Å². The van der Waals surface area contributed by atoms with Crippen LogP contribution >= 0.6 is 0 Å². The van der Waals surface area contributed by atoms with E-state index in [-0.39, 0.29) is 60.2 Å². The molecule has 4 nitrogen and oxygen atoms in total. The van der Waals surface area contributed by atoms with Gasteiger partial charge < -0.3 is 66.4 Å². The summed E-state index contributed by atoms with van der Waals surface area (Å²) in [6, 6.07) is 36.4. The Balaban J connectivity index is 0.00000351. The molecule has 2 atom stereocenters. The number of ether oxygens (including phenoxy) is 2. The van der Waals surface area contributed by atoms with E-state index in [2.05, 4.69) is 153 Å². The number of rotatable bonds is 16. The maximum Gasteiger partial charge on any atom is 0.169 e. The molecule has 1 aliphatic rings. The molecule has 278 valence electrons. The van der Waals surface area contributed by atoms with E-state index >= 15 is 0 Å². The molecule has 0 radical (unpaired) electrons. The molecule has 1 aliphatic heterocycles. The van der Waals surface area contributed by atoms with Crippen molar-refractivity contribution < 1.29 is 66.4 Å². The van der Waals surface area contributed by atoms with Gasteiger partial charge in [-0.15, -0.1) is 0 Å². The molecule has 5 rings (SSSR count).